The van der Waals surface area contributed by atoms with E-state index in [-0.39, 0.29) is 22.5 Å². The zero-order valence-corrected chi connectivity index (χ0v) is 20.1. The smallest absolute Gasteiger partial charge is 0.416 e. The number of nitrogens with one attached hydrogen (secondary N) is 1. The first-order valence-electron chi connectivity index (χ1n) is 9.37. The number of carbonyl (C=O) groups is 2. The van der Waals surface area contributed by atoms with Gasteiger partial charge in [0, 0.05) is 15.9 Å². The second kappa shape index (κ2) is 10.9. The average molecular weight is 545 g/mol. The third-order valence-corrected chi connectivity index (χ3v) is 5.75. The molecule has 0 heterocycles. The summed E-state index contributed by atoms with van der Waals surface area (Å²) < 4.78 is 45.0. The van der Waals surface area contributed by atoms with Crippen LogP contribution in [0.2, 0.25) is 0 Å². The third-order valence-electron chi connectivity index (χ3n) is 4.85. The molecule has 1 unspecified atom stereocenters. The fourth-order valence-corrected chi connectivity index (χ4v) is 4.12. The first-order valence-corrected chi connectivity index (χ1v) is 10.6. The molecule has 33 heavy (non-hydrogen) atoms. The van der Waals surface area contributed by atoms with Crippen molar-refractivity contribution in [3.63, 3.8) is 0 Å². The van der Waals surface area contributed by atoms with Crippen LogP contribution in [0.15, 0.2) is 58.2 Å². The maximum absolute atomic E-state index is 13.2. The number of likely N-dealkylation sites (N-methyl/N-ethyl adjacent to an activating group) is 1. The van der Waals surface area contributed by atoms with E-state index in [1.54, 1.807) is 7.05 Å². The molecule has 6 nitrogen and oxygen atoms in total. The Morgan fingerprint density at radius 3 is 2.39 bits per heavy atom. The van der Waals surface area contributed by atoms with E-state index in [2.05, 4.69) is 21.2 Å². The molecule has 0 aromatic heterocycles. The second-order valence-corrected chi connectivity index (χ2v) is 7.84. The highest BCUT2D eigenvalue weighted by Gasteiger charge is 2.32. The molecule has 11 heteroatoms. The zero-order chi connectivity index (χ0) is 24.9. The van der Waals surface area contributed by atoms with Gasteiger partial charge in [0.15, 0.2) is 0 Å². The van der Waals surface area contributed by atoms with E-state index < -0.39 is 29.7 Å². The number of methoxy groups -OCH3 is 1. The number of benzene rings is 2. The minimum atomic E-state index is -4.56. The van der Waals surface area contributed by atoms with Gasteiger partial charge < -0.3 is 20.1 Å². The number of hydrogen-bond donors (Lipinski definition) is 2. The lowest BCUT2D eigenvalue weighted by Crippen LogP contribution is -2.30. The highest BCUT2D eigenvalue weighted by atomic mass is 79.9. The van der Waals surface area contributed by atoms with Gasteiger partial charge in [0.25, 0.3) is 0 Å². The lowest BCUT2D eigenvalue weighted by atomic mass is 9.95. The van der Waals surface area contributed by atoms with Gasteiger partial charge in [-0.1, -0.05) is 40.3 Å². The monoisotopic (exact) mass is 544 g/mol. The number of allylic oxidation sites excluding steroid dienone is 1. The maximum atomic E-state index is 13.2. The summed E-state index contributed by atoms with van der Waals surface area (Å²) in [6.45, 7) is 1.53. The quantitative estimate of drug-likeness (QED) is 0.264. The largest absolute Gasteiger partial charge is 0.478 e. The van der Waals surface area contributed by atoms with Crippen molar-refractivity contribution in [2.45, 2.75) is 19.1 Å². The van der Waals surface area contributed by atoms with Crippen LogP contribution in [-0.2, 0) is 15.7 Å². The van der Waals surface area contributed by atoms with E-state index in [0.29, 0.717) is 10.0 Å². The van der Waals surface area contributed by atoms with Crippen LogP contribution in [0.25, 0.3) is 0 Å². The Hall–Kier alpha value is -2.76. The number of carboxylic acid groups (broad SMARTS) is 1. The normalized spacial score (nSPS) is 13.1. The molecular weight excluding hydrogens is 525 g/mol. The third kappa shape index (κ3) is 5.98. The molecule has 0 saturated heterocycles. The number of carboxylic acids is 1. The molecule has 0 radical (unpaired) electrons. The van der Waals surface area contributed by atoms with Crippen LogP contribution in [0, 0.1) is 0 Å². The van der Waals surface area contributed by atoms with Gasteiger partial charge in [-0.3, -0.25) is 0 Å². The first-order chi connectivity index (χ1) is 15.5. The van der Waals surface area contributed by atoms with Gasteiger partial charge in [-0.25, -0.2) is 9.59 Å². The molecule has 0 spiro atoms. The minimum absolute atomic E-state index is 0.0327. The van der Waals surface area contributed by atoms with Crippen molar-refractivity contribution in [1.29, 1.82) is 0 Å². The van der Waals surface area contributed by atoms with E-state index in [1.165, 1.54) is 49.3 Å². The standard InChI is InChI=1S/C22H20BrF3N2O4S/c1-12(28(11-33)15-6-4-5-14(10-15)22(24,25)26)18(21(31)32-3)19(27-2)16-8-7-13(20(29)30)9-17(16)23/h4-11,19,27H,1-3H3,(H,29,30)/b18-12+. The predicted molar refractivity (Wildman–Crippen MR) is 125 cm³/mol. The second-order valence-electron chi connectivity index (χ2n) is 6.78. The van der Waals surface area contributed by atoms with Crippen molar-refractivity contribution in [1.82, 2.24) is 5.32 Å². The van der Waals surface area contributed by atoms with Gasteiger partial charge in [0.2, 0.25) is 0 Å². The number of alkyl halides is 3. The Balaban J connectivity index is 2.70. The minimum Gasteiger partial charge on any atom is -0.478 e. The van der Waals surface area contributed by atoms with E-state index >= 15 is 0 Å². The van der Waals surface area contributed by atoms with Crippen molar-refractivity contribution in [2.24, 2.45) is 0 Å². The highest BCUT2D eigenvalue weighted by molar-refractivity contribution is 9.10. The van der Waals surface area contributed by atoms with Crippen LogP contribution in [-0.4, -0.2) is 36.7 Å². The van der Waals surface area contributed by atoms with Crippen molar-refractivity contribution in [3.8, 4) is 0 Å². The van der Waals surface area contributed by atoms with Gasteiger partial charge in [0.1, 0.15) is 0 Å². The van der Waals surface area contributed by atoms with Crippen LogP contribution < -0.4 is 10.2 Å². The van der Waals surface area contributed by atoms with E-state index in [0.717, 1.165) is 17.6 Å². The Morgan fingerprint density at radius 1 is 1.24 bits per heavy atom. The van der Waals surface area contributed by atoms with Crippen LogP contribution >= 0.6 is 28.1 Å². The van der Waals surface area contributed by atoms with Crippen molar-refractivity contribution < 1.29 is 32.6 Å². The number of anilines is 1. The maximum Gasteiger partial charge on any atom is 0.416 e. The molecule has 0 amide bonds. The summed E-state index contributed by atoms with van der Waals surface area (Å²) in [7, 11) is 2.75. The first kappa shape index (κ1) is 26.5. The molecule has 0 fully saturated rings. The van der Waals surface area contributed by atoms with Crippen LogP contribution in [0.3, 0.4) is 0 Å². The molecule has 0 aliphatic heterocycles. The summed E-state index contributed by atoms with van der Waals surface area (Å²) in [6, 6.07) is 8.01. The molecule has 0 aliphatic carbocycles. The molecule has 0 aliphatic rings. The highest BCUT2D eigenvalue weighted by Crippen LogP contribution is 2.35. The summed E-state index contributed by atoms with van der Waals surface area (Å²) in [5, 5.41) is 12.2. The zero-order valence-electron chi connectivity index (χ0n) is 17.7. The molecule has 2 rings (SSSR count). The lowest BCUT2D eigenvalue weighted by molar-refractivity contribution is -0.138. The molecule has 0 bridgehead atoms. The van der Waals surface area contributed by atoms with Crippen LogP contribution in [0.5, 0.6) is 0 Å². The van der Waals surface area contributed by atoms with E-state index in [4.69, 9.17) is 17.0 Å². The van der Waals surface area contributed by atoms with Gasteiger partial charge >= 0.3 is 18.1 Å². The number of thiocarbonyl (C=S) groups is 1. The SMILES string of the molecule is CNC(/C(C(=O)OC)=C(/C)N(C=S)c1cccc(C(F)(F)F)c1)c1ccc(C(=O)O)cc1Br. The number of esters is 1. The van der Waals surface area contributed by atoms with Crippen molar-refractivity contribution in [2.75, 3.05) is 19.1 Å². The fourth-order valence-electron chi connectivity index (χ4n) is 3.23. The molecule has 2 aromatic carbocycles. The molecule has 2 N–H and O–H groups in total. The number of ether oxygens (including phenoxy) is 1. The Kier molecular flexibility index (Phi) is 8.76. The van der Waals surface area contributed by atoms with Gasteiger partial charge in [-0.05, 0) is 49.9 Å². The van der Waals surface area contributed by atoms with Crippen LogP contribution in [0.4, 0.5) is 18.9 Å². The fraction of sp³-hybridized carbons (Fsp3) is 0.227. The van der Waals surface area contributed by atoms with E-state index in [9.17, 15) is 27.9 Å². The van der Waals surface area contributed by atoms with E-state index in [1.807, 2.05) is 0 Å². The summed E-state index contributed by atoms with van der Waals surface area (Å²) in [5.74, 6) is -1.87. The molecule has 176 valence electrons. The summed E-state index contributed by atoms with van der Waals surface area (Å²) in [6.07, 6.45) is -4.56. The average Bonchev–Trinajstić information content (AvgIpc) is 2.77. The topological polar surface area (TPSA) is 78.9 Å². The molecular formula is C22H20BrF3N2O4S. The number of rotatable bonds is 8. The summed E-state index contributed by atoms with van der Waals surface area (Å²) in [4.78, 5) is 25.3. The Bertz CT molecular complexity index is 1110. The Labute approximate surface area is 202 Å². The number of aromatic carboxylic acids is 1. The predicted octanol–water partition coefficient (Wildman–Crippen LogP) is 5.34. The number of hydrogen-bond acceptors (Lipinski definition) is 5. The number of halogens is 4. The molecule has 0 saturated carbocycles. The van der Waals surface area contributed by atoms with Gasteiger partial charge in [0.05, 0.1) is 35.3 Å². The van der Waals surface area contributed by atoms with Crippen LogP contribution in [0.1, 0.15) is 34.5 Å². The number of nitrogens with zero attached hydrogens (tertiary/aromatic N) is 1. The summed E-state index contributed by atoms with van der Waals surface area (Å²) in [5.41, 5.74) is 1.21. The summed E-state index contributed by atoms with van der Waals surface area (Å²) >= 11 is 8.39. The molecule has 1 atom stereocenters. The van der Waals surface area contributed by atoms with Gasteiger partial charge in [-0.15, -0.1) is 0 Å². The lowest BCUT2D eigenvalue weighted by Gasteiger charge is -2.28. The van der Waals surface area contributed by atoms with Crippen molar-refractivity contribution in [3.05, 3.63) is 74.9 Å². The molecule has 2 aromatic rings. The Morgan fingerprint density at radius 2 is 1.91 bits per heavy atom. The van der Waals surface area contributed by atoms with Gasteiger partial charge in [-0.2, -0.15) is 13.2 Å². The number of carbonyl (C=O) groups excluding carboxylic acids is 1. The van der Waals surface area contributed by atoms with Crippen molar-refractivity contribution >= 4 is 51.3 Å².